The minimum Gasteiger partial charge on any atom is -0.478 e. The Balaban J connectivity index is 2.31. The number of carboxylic acid groups (broad SMARTS) is 1. The molecule has 0 unspecified atom stereocenters. The minimum absolute atomic E-state index is 0.470. The Hall–Kier alpha value is -2.27. The highest BCUT2D eigenvalue weighted by Gasteiger charge is 2.06. The fourth-order valence-corrected chi connectivity index (χ4v) is 1.64. The van der Waals surface area contributed by atoms with Crippen LogP contribution in [-0.2, 0) is 11.8 Å². The number of aliphatic carboxylic acids is 1. The Morgan fingerprint density at radius 3 is 2.95 bits per heavy atom. The number of rotatable bonds is 4. The molecule has 2 rings (SSSR count). The monoisotopic (exact) mass is 278 g/mol. The van der Waals surface area contributed by atoms with Gasteiger partial charge in [-0.05, 0) is 18.2 Å². The zero-order valence-corrected chi connectivity index (χ0v) is 10.8. The van der Waals surface area contributed by atoms with E-state index in [-0.39, 0.29) is 0 Å². The average molecular weight is 279 g/mol. The average Bonchev–Trinajstić information content (AvgIpc) is 2.73. The number of nitrogens with zero attached hydrogens (tertiary/aromatic N) is 2. The molecule has 0 bridgehead atoms. The van der Waals surface area contributed by atoms with Crippen molar-refractivity contribution < 1.29 is 14.6 Å². The summed E-state index contributed by atoms with van der Waals surface area (Å²) < 4.78 is 7.24. The number of aryl methyl sites for hydroxylation is 1. The number of ether oxygens (including phenoxy) is 1. The first kappa shape index (κ1) is 13.2. The lowest BCUT2D eigenvalue weighted by atomic mass is 10.2. The van der Waals surface area contributed by atoms with Gasteiger partial charge in [0.15, 0.2) is 5.75 Å². The second kappa shape index (κ2) is 5.58. The van der Waals surface area contributed by atoms with Gasteiger partial charge in [-0.25, -0.2) is 4.79 Å². The predicted molar refractivity (Wildman–Crippen MR) is 71.4 cm³/mol. The van der Waals surface area contributed by atoms with Crippen molar-refractivity contribution in [2.75, 3.05) is 0 Å². The van der Waals surface area contributed by atoms with Crippen LogP contribution in [0.5, 0.6) is 11.5 Å². The van der Waals surface area contributed by atoms with Gasteiger partial charge >= 0.3 is 5.97 Å². The summed E-state index contributed by atoms with van der Waals surface area (Å²) in [4.78, 5) is 10.5. The van der Waals surface area contributed by atoms with E-state index in [1.165, 1.54) is 6.08 Å². The van der Waals surface area contributed by atoms with Gasteiger partial charge in [-0.15, -0.1) is 0 Å². The maximum atomic E-state index is 10.5. The first-order valence-electron chi connectivity index (χ1n) is 5.41. The third-order valence-corrected chi connectivity index (χ3v) is 2.53. The van der Waals surface area contributed by atoms with E-state index in [4.69, 9.17) is 21.4 Å². The van der Waals surface area contributed by atoms with E-state index in [9.17, 15) is 4.79 Å². The lowest BCUT2D eigenvalue weighted by molar-refractivity contribution is -0.131. The number of aromatic nitrogens is 2. The van der Waals surface area contributed by atoms with E-state index in [0.717, 1.165) is 6.08 Å². The Labute approximate surface area is 114 Å². The molecule has 0 radical (unpaired) electrons. The molecular formula is C13H11ClN2O3. The summed E-state index contributed by atoms with van der Waals surface area (Å²) in [6.07, 6.45) is 5.75. The Morgan fingerprint density at radius 2 is 2.32 bits per heavy atom. The molecule has 0 spiro atoms. The summed E-state index contributed by atoms with van der Waals surface area (Å²) >= 11 is 5.91. The Kier molecular flexibility index (Phi) is 3.87. The van der Waals surface area contributed by atoms with E-state index in [1.807, 2.05) is 0 Å². The van der Waals surface area contributed by atoms with Crippen LogP contribution in [-0.4, -0.2) is 20.9 Å². The molecule has 2 aromatic rings. The molecule has 0 saturated carbocycles. The van der Waals surface area contributed by atoms with E-state index in [1.54, 1.807) is 42.3 Å². The largest absolute Gasteiger partial charge is 0.478 e. The van der Waals surface area contributed by atoms with Crippen molar-refractivity contribution >= 4 is 23.6 Å². The van der Waals surface area contributed by atoms with Gasteiger partial charge in [-0.1, -0.05) is 11.6 Å². The van der Waals surface area contributed by atoms with Crippen molar-refractivity contribution in [3.63, 3.8) is 0 Å². The molecular weight excluding hydrogens is 268 g/mol. The number of carboxylic acids is 1. The molecule has 0 aliphatic heterocycles. The third-order valence-electron chi connectivity index (χ3n) is 2.29. The molecule has 98 valence electrons. The van der Waals surface area contributed by atoms with Gasteiger partial charge in [0.1, 0.15) is 5.75 Å². The van der Waals surface area contributed by atoms with Gasteiger partial charge in [0.25, 0.3) is 0 Å². The zero-order valence-electron chi connectivity index (χ0n) is 10.1. The van der Waals surface area contributed by atoms with Gasteiger partial charge in [0.2, 0.25) is 0 Å². The molecule has 6 heteroatoms. The fraction of sp³-hybridized carbons (Fsp3) is 0.0769. The molecule has 1 aromatic carbocycles. The maximum Gasteiger partial charge on any atom is 0.328 e. The van der Waals surface area contributed by atoms with Crippen LogP contribution < -0.4 is 4.74 Å². The maximum absolute atomic E-state index is 10.5. The molecule has 5 nitrogen and oxygen atoms in total. The van der Waals surface area contributed by atoms with Gasteiger partial charge in [0.05, 0.1) is 12.4 Å². The van der Waals surface area contributed by atoms with E-state index in [0.29, 0.717) is 22.1 Å². The van der Waals surface area contributed by atoms with Crippen molar-refractivity contribution in [3.05, 3.63) is 47.3 Å². The Morgan fingerprint density at radius 1 is 1.53 bits per heavy atom. The van der Waals surface area contributed by atoms with Crippen molar-refractivity contribution in [1.82, 2.24) is 9.78 Å². The lowest BCUT2D eigenvalue weighted by Crippen LogP contribution is -1.89. The molecule has 1 aromatic heterocycles. The van der Waals surface area contributed by atoms with Gasteiger partial charge < -0.3 is 9.84 Å². The molecule has 0 aliphatic carbocycles. The van der Waals surface area contributed by atoms with Gasteiger partial charge in [0, 0.05) is 29.8 Å². The van der Waals surface area contributed by atoms with Crippen LogP contribution in [0.1, 0.15) is 5.56 Å². The highest BCUT2D eigenvalue weighted by atomic mass is 35.5. The molecule has 0 atom stereocenters. The standard InChI is InChI=1S/C13H11ClN2O3/c1-16-8-11(7-15-16)19-12-6-10(14)4-2-9(12)3-5-13(17)18/h2-8H,1H3,(H,17,18)/b5-3+. The lowest BCUT2D eigenvalue weighted by Gasteiger charge is -2.07. The Bertz CT molecular complexity index is 635. The van der Waals surface area contributed by atoms with Crippen LogP contribution in [0, 0.1) is 0 Å². The highest BCUT2D eigenvalue weighted by molar-refractivity contribution is 6.30. The molecule has 0 saturated heterocycles. The number of hydrogen-bond donors (Lipinski definition) is 1. The van der Waals surface area contributed by atoms with E-state index >= 15 is 0 Å². The van der Waals surface area contributed by atoms with Crippen molar-refractivity contribution in [2.24, 2.45) is 7.05 Å². The summed E-state index contributed by atoms with van der Waals surface area (Å²) in [5.41, 5.74) is 0.621. The van der Waals surface area contributed by atoms with Crippen LogP contribution in [0.15, 0.2) is 36.7 Å². The fourth-order valence-electron chi connectivity index (χ4n) is 1.47. The highest BCUT2D eigenvalue weighted by Crippen LogP contribution is 2.29. The smallest absolute Gasteiger partial charge is 0.328 e. The molecule has 19 heavy (non-hydrogen) atoms. The minimum atomic E-state index is -1.03. The number of halogens is 1. The van der Waals surface area contributed by atoms with Crippen LogP contribution in [0.25, 0.3) is 6.08 Å². The molecule has 0 aliphatic rings. The van der Waals surface area contributed by atoms with Crippen molar-refractivity contribution in [2.45, 2.75) is 0 Å². The summed E-state index contributed by atoms with van der Waals surface area (Å²) in [6, 6.07) is 4.97. The van der Waals surface area contributed by atoms with Crippen LogP contribution >= 0.6 is 11.6 Å². The summed E-state index contributed by atoms with van der Waals surface area (Å²) in [5, 5.41) is 13.1. The molecule has 1 N–H and O–H groups in total. The predicted octanol–water partition coefficient (Wildman–Crippen LogP) is 2.96. The second-order valence-electron chi connectivity index (χ2n) is 3.81. The summed E-state index contributed by atoms with van der Waals surface area (Å²) in [6.45, 7) is 0. The number of hydrogen-bond acceptors (Lipinski definition) is 3. The van der Waals surface area contributed by atoms with Crippen LogP contribution in [0.3, 0.4) is 0 Å². The molecule has 1 heterocycles. The summed E-state index contributed by atoms with van der Waals surface area (Å²) in [5.74, 6) is -0.00461. The van der Waals surface area contributed by atoms with Crippen molar-refractivity contribution in [1.29, 1.82) is 0 Å². The SMILES string of the molecule is Cn1cc(Oc2cc(Cl)ccc2/C=C/C(=O)O)cn1. The topological polar surface area (TPSA) is 64.3 Å². The molecule has 0 amide bonds. The quantitative estimate of drug-likeness (QED) is 0.873. The number of carbonyl (C=O) groups is 1. The number of benzene rings is 1. The van der Waals surface area contributed by atoms with Crippen LogP contribution in [0.4, 0.5) is 0 Å². The third kappa shape index (κ3) is 3.59. The first-order chi connectivity index (χ1) is 9.04. The van der Waals surface area contributed by atoms with E-state index < -0.39 is 5.97 Å². The first-order valence-corrected chi connectivity index (χ1v) is 5.79. The van der Waals surface area contributed by atoms with Crippen molar-refractivity contribution in [3.8, 4) is 11.5 Å². The van der Waals surface area contributed by atoms with Gasteiger partial charge in [-0.3, -0.25) is 4.68 Å². The van der Waals surface area contributed by atoms with E-state index in [2.05, 4.69) is 5.10 Å². The zero-order chi connectivity index (χ0) is 13.8. The van der Waals surface area contributed by atoms with Crippen LogP contribution in [0.2, 0.25) is 5.02 Å². The molecule has 0 fully saturated rings. The summed E-state index contributed by atoms with van der Waals surface area (Å²) in [7, 11) is 1.77. The van der Waals surface area contributed by atoms with Gasteiger partial charge in [-0.2, -0.15) is 5.10 Å². The normalized spacial score (nSPS) is 10.8. The second-order valence-corrected chi connectivity index (χ2v) is 4.24.